The molecule has 30 heavy (non-hydrogen) atoms. The van der Waals surface area contributed by atoms with E-state index in [2.05, 4.69) is 11.1 Å². The monoisotopic (exact) mass is 396 g/mol. The minimum absolute atomic E-state index is 0.406. The Labute approximate surface area is 171 Å². The summed E-state index contributed by atoms with van der Waals surface area (Å²) >= 11 is 0. The molecule has 5 aromatic rings. The first-order valence-electron chi connectivity index (χ1n) is 9.24. The van der Waals surface area contributed by atoms with Gasteiger partial charge in [0.25, 0.3) is 0 Å². The molecule has 0 aliphatic heterocycles. The van der Waals surface area contributed by atoms with E-state index in [9.17, 15) is 4.79 Å². The number of imidazole rings is 1. The van der Waals surface area contributed by atoms with Crippen molar-refractivity contribution < 1.29 is 9.15 Å². The van der Waals surface area contributed by atoms with E-state index < -0.39 is 5.76 Å². The number of aryl methyl sites for hydroxylation is 1. The Balaban J connectivity index is 1.85. The number of aromatic nitrogens is 3. The second-order valence-corrected chi connectivity index (χ2v) is 6.92. The number of nitriles is 1. The lowest BCUT2D eigenvalue weighted by Crippen LogP contribution is -2.08. The summed E-state index contributed by atoms with van der Waals surface area (Å²) in [7, 11) is 3.30. The van der Waals surface area contributed by atoms with Crippen molar-refractivity contribution in [3.63, 3.8) is 0 Å². The Hall–Kier alpha value is -4.31. The van der Waals surface area contributed by atoms with Crippen LogP contribution in [0.25, 0.3) is 39.0 Å². The van der Waals surface area contributed by atoms with Gasteiger partial charge in [0, 0.05) is 18.2 Å². The van der Waals surface area contributed by atoms with Gasteiger partial charge < -0.3 is 9.15 Å². The average Bonchev–Trinajstić information content (AvgIpc) is 3.37. The fraction of sp³-hybridized carbons (Fsp3) is 0.0870. The summed E-state index contributed by atoms with van der Waals surface area (Å²) in [5, 5.41) is 9.13. The van der Waals surface area contributed by atoms with Gasteiger partial charge in [-0.25, -0.2) is 9.78 Å². The summed E-state index contributed by atoms with van der Waals surface area (Å²) in [5.74, 6) is 0.278. The van der Waals surface area contributed by atoms with E-state index in [4.69, 9.17) is 14.4 Å². The van der Waals surface area contributed by atoms with Crippen molar-refractivity contribution in [3.8, 4) is 34.2 Å². The molecule has 7 nitrogen and oxygen atoms in total. The predicted octanol–water partition coefficient (Wildman–Crippen LogP) is 3.99. The van der Waals surface area contributed by atoms with Gasteiger partial charge in [-0.1, -0.05) is 18.2 Å². The maximum Gasteiger partial charge on any atom is 0.419 e. The standard InChI is InChI=1S/C23H16N4O3/c1-26-18-8-7-16(9-21(18)30-23(26)28)22-17(15-5-3-14(11-24)4-6-15)10-20(29-2)19-12-25-13-27(19)22/h3-10,12-13H,1-2H3. The van der Waals surface area contributed by atoms with Crippen LogP contribution in [0.3, 0.4) is 0 Å². The quantitative estimate of drug-likeness (QED) is 0.460. The molecule has 0 aliphatic rings. The van der Waals surface area contributed by atoms with Crippen LogP contribution in [-0.2, 0) is 7.05 Å². The van der Waals surface area contributed by atoms with Crippen LogP contribution in [0.4, 0.5) is 0 Å². The maximum absolute atomic E-state index is 11.9. The van der Waals surface area contributed by atoms with Gasteiger partial charge in [-0.2, -0.15) is 5.26 Å². The van der Waals surface area contributed by atoms with E-state index in [0.29, 0.717) is 16.9 Å². The molecule has 0 saturated carbocycles. The van der Waals surface area contributed by atoms with Crippen LogP contribution in [0.15, 0.2) is 70.3 Å². The van der Waals surface area contributed by atoms with Crippen LogP contribution >= 0.6 is 0 Å². The lowest BCUT2D eigenvalue weighted by atomic mass is 9.97. The Bertz CT molecular complexity index is 1510. The normalized spacial score (nSPS) is 11.1. The number of rotatable bonds is 3. The van der Waals surface area contributed by atoms with Gasteiger partial charge in [-0.05, 0) is 35.9 Å². The van der Waals surface area contributed by atoms with Crippen molar-refractivity contribution in [2.75, 3.05) is 7.11 Å². The van der Waals surface area contributed by atoms with E-state index in [0.717, 1.165) is 33.4 Å². The van der Waals surface area contributed by atoms with E-state index in [1.165, 1.54) is 4.57 Å². The zero-order valence-electron chi connectivity index (χ0n) is 16.3. The van der Waals surface area contributed by atoms with Gasteiger partial charge in [0.2, 0.25) is 0 Å². The fourth-order valence-electron chi connectivity index (χ4n) is 3.74. The largest absolute Gasteiger partial charge is 0.494 e. The van der Waals surface area contributed by atoms with Crippen molar-refractivity contribution in [1.29, 1.82) is 5.26 Å². The number of benzene rings is 2. The third kappa shape index (κ3) is 2.58. The van der Waals surface area contributed by atoms with Crippen LogP contribution in [0, 0.1) is 11.3 Å². The van der Waals surface area contributed by atoms with Crippen LogP contribution in [0.2, 0.25) is 0 Å². The van der Waals surface area contributed by atoms with Crippen LogP contribution in [-0.4, -0.2) is 21.1 Å². The predicted molar refractivity (Wildman–Crippen MR) is 112 cm³/mol. The molecule has 0 fully saturated rings. The molecule has 0 unspecified atom stereocenters. The molecule has 7 heteroatoms. The first-order valence-corrected chi connectivity index (χ1v) is 9.24. The second-order valence-electron chi connectivity index (χ2n) is 6.92. The molecule has 5 rings (SSSR count). The lowest BCUT2D eigenvalue weighted by molar-refractivity contribution is 0.418. The molecule has 3 heterocycles. The van der Waals surface area contributed by atoms with Gasteiger partial charge >= 0.3 is 5.76 Å². The van der Waals surface area contributed by atoms with E-state index in [-0.39, 0.29) is 0 Å². The van der Waals surface area contributed by atoms with Crippen molar-refractivity contribution >= 4 is 16.6 Å². The summed E-state index contributed by atoms with van der Waals surface area (Å²) in [6.45, 7) is 0. The fourth-order valence-corrected chi connectivity index (χ4v) is 3.74. The topological polar surface area (TPSA) is 85.5 Å². The summed E-state index contributed by atoms with van der Waals surface area (Å²) in [4.78, 5) is 16.2. The molecule has 0 radical (unpaired) electrons. The first kappa shape index (κ1) is 17.8. The second kappa shape index (κ2) is 6.64. The zero-order valence-corrected chi connectivity index (χ0v) is 16.3. The van der Waals surface area contributed by atoms with Crippen molar-refractivity contribution in [2.24, 2.45) is 7.05 Å². The SMILES string of the molecule is COc1cc(-c2ccc(C#N)cc2)c(-c2ccc3c(c2)oc(=O)n3C)n2cncc12. The molecular formula is C23H16N4O3. The average molecular weight is 396 g/mol. The molecule has 3 aromatic heterocycles. The van der Waals surface area contributed by atoms with Crippen molar-refractivity contribution in [1.82, 2.24) is 14.0 Å². The van der Waals surface area contributed by atoms with Gasteiger partial charge in [-0.3, -0.25) is 8.97 Å². The molecule has 0 saturated heterocycles. The number of methoxy groups -OCH3 is 1. The highest BCUT2D eigenvalue weighted by atomic mass is 16.5. The Morgan fingerprint density at radius 1 is 1.07 bits per heavy atom. The molecule has 2 aromatic carbocycles. The highest BCUT2D eigenvalue weighted by molar-refractivity contribution is 5.89. The number of ether oxygens (including phenoxy) is 1. The van der Waals surface area contributed by atoms with E-state index >= 15 is 0 Å². The van der Waals surface area contributed by atoms with Crippen LogP contribution < -0.4 is 10.5 Å². The minimum atomic E-state index is -0.406. The highest BCUT2D eigenvalue weighted by Crippen LogP contribution is 2.38. The van der Waals surface area contributed by atoms with Crippen LogP contribution in [0.1, 0.15) is 5.56 Å². The number of nitrogens with zero attached hydrogens (tertiary/aromatic N) is 4. The molecular weight excluding hydrogens is 380 g/mol. The zero-order chi connectivity index (χ0) is 20.8. The number of oxazole rings is 1. The molecule has 0 spiro atoms. The Kier molecular flexibility index (Phi) is 3.93. The molecule has 0 aliphatic carbocycles. The summed E-state index contributed by atoms with van der Waals surface area (Å²) in [5.41, 5.74) is 6.20. The number of hydrogen-bond donors (Lipinski definition) is 0. The maximum atomic E-state index is 11.9. The van der Waals surface area contributed by atoms with Crippen LogP contribution in [0.5, 0.6) is 5.75 Å². The molecule has 146 valence electrons. The third-order valence-corrected chi connectivity index (χ3v) is 5.27. The minimum Gasteiger partial charge on any atom is -0.494 e. The van der Waals surface area contributed by atoms with Crippen molar-refractivity contribution in [2.45, 2.75) is 0 Å². The molecule has 0 atom stereocenters. The molecule has 0 N–H and O–H groups in total. The number of fused-ring (bicyclic) bond motifs is 2. The van der Waals surface area contributed by atoms with Gasteiger partial charge in [-0.15, -0.1) is 0 Å². The smallest absolute Gasteiger partial charge is 0.419 e. The Morgan fingerprint density at radius 2 is 1.83 bits per heavy atom. The lowest BCUT2D eigenvalue weighted by Gasteiger charge is -2.16. The summed E-state index contributed by atoms with van der Waals surface area (Å²) < 4.78 is 14.4. The van der Waals surface area contributed by atoms with Gasteiger partial charge in [0.05, 0.1) is 42.5 Å². The highest BCUT2D eigenvalue weighted by Gasteiger charge is 2.18. The number of hydrogen-bond acceptors (Lipinski definition) is 5. The first-order chi connectivity index (χ1) is 14.6. The number of pyridine rings is 1. The summed E-state index contributed by atoms with van der Waals surface area (Å²) in [6, 6.07) is 17.1. The summed E-state index contributed by atoms with van der Waals surface area (Å²) in [6.07, 6.45) is 3.47. The molecule has 0 bridgehead atoms. The third-order valence-electron chi connectivity index (χ3n) is 5.27. The Morgan fingerprint density at radius 3 is 2.57 bits per heavy atom. The van der Waals surface area contributed by atoms with E-state index in [1.54, 1.807) is 38.8 Å². The van der Waals surface area contributed by atoms with Gasteiger partial charge in [0.1, 0.15) is 11.3 Å². The van der Waals surface area contributed by atoms with E-state index in [1.807, 2.05) is 40.8 Å². The van der Waals surface area contributed by atoms with Gasteiger partial charge in [0.15, 0.2) is 5.58 Å². The molecule has 0 amide bonds. The van der Waals surface area contributed by atoms with Crippen molar-refractivity contribution in [3.05, 3.63) is 77.2 Å².